The molecule has 0 saturated carbocycles. The van der Waals surface area contributed by atoms with Gasteiger partial charge in [-0.25, -0.2) is 5.01 Å². The number of benzene rings is 2. The molecule has 0 atom stereocenters. The number of Topliss-reactive ketones (excluding diaryl/α,β-unsaturated/α-hetero) is 1. The summed E-state index contributed by atoms with van der Waals surface area (Å²) in [4.78, 5) is 49.8. The fourth-order valence-electron chi connectivity index (χ4n) is 2.69. The first-order chi connectivity index (χ1) is 12.5. The predicted octanol–water partition coefficient (Wildman–Crippen LogP) is 2.73. The Bertz CT molecular complexity index is 866. The van der Waals surface area contributed by atoms with E-state index >= 15 is 0 Å². The van der Waals surface area contributed by atoms with Crippen molar-refractivity contribution in [1.29, 1.82) is 0 Å². The Kier molecular flexibility index (Phi) is 5.14. The molecule has 0 bridgehead atoms. The molecule has 26 heavy (non-hydrogen) atoms. The highest BCUT2D eigenvalue weighted by atomic mass is 35.5. The van der Waals surface area contributed by atoms with Gasteiger partial charge >= 0.3 is 0 Å². The molecule has 0 N–H and O–H groups in total. The van der Waals surface area contributed by atoms with Crippen molar-refractivity contribution in [2.75, 3.05) is 6.54 Å². The summed E-state index contributed by atoms with van der Waals surface area (Å²) in [7, 11) is 0. The third-order valence-corrected chi connectivity index (χ3v) is 4.32. The van der Waals surface area contributed by atoms with Crippen LogP contribution in [0.4, 0.5) is 0 Å². The second kappa shape index (κ2) is 7.49. The van der Waals surface area contributed by atoms with Crippen molar-refractivity contribution in [3.8, 4) is 0 Å². The quantitative estimate of drug-likeness (QED) is 0.599. The van der Waals surface area contributed by atoms with Crippen LogP contribution in [0.15, 0.2) is 54.6 Å². The van der Waals surface area contributed by atoms with E-state index < -0.39 is 30.0 Å². The Labute approximate surface area is 154 Å². The van der Waals surface area contributed by atoms with Gasteiger partial charge in [-0.05, 0) is 12.1 Å². The third kappa shape index (κ3) is 3.50. The van der Waals surface area contributed by atoms with Crippen LogP contribution in [0.25, 0.3) is 0 Å². The summed E-state index contributed by atoms with van der Waals surface area (Å²) < 4.78 is 0. The third-order valence-electron chi connectivity index (χ3n) is 3.99. The van der Waals surface area contributed by atoms with Crippen molar-refractivity contribution in [3.05, 3.63) is 70.7 Å². The molecule has 2 aromatic carbocycles. The molecule has 6 nitrogen and oxygen atoms in total. The Morgan fingerprint density at radius 3 is 2.12 bits per heavy atom. The van der Waals surface area contributed by atoms with Gasteiger partial charge in [-0.1, -0.05) is 54.1 Å². The Balaban J connectivity index is 1.96. The van der Waals surface area contributed by atoms with Crippen LogP contribution in [0.5, 0.6) is 0 Å². The topological polar surface area (TPSA) is 74.8 Å². The van der Waals surface area contributed by atoms with Crippen molar-refractivity contribution < 1.29 is 19.2 Å². The largest absolute Gasteiger partial charge is 0.292 e. The summed E-state index contributed by atoms with van der Waals surface area (Å²) >= 11 is 6.08. The van der Waals surface area contributed by atoms with Crippen LogP contribution in [-0.2, 0) is 9.59 Å². The zero-order chi connectivity index (χ0) is 18.7. The van der Waals surface area contributed by atoms with Crippen molar-refractivity contribution in [2.24, 2.45) is 0 Å². The number of amides is 3. The van der Waals surface area contributed by atoms with E-state index in [0.29, 0.717) is 5.56 Å². The maximum absolute atomic E-state index is 13.0. The average molecular weight is 371 g/mol. The second-order valence-corrected chi connectivity index (χ2v) is 6.14. The van der Waals surface area contributed by atoms with E-state index in [-0.39, 0.29) is 23.4 Å². The molecule has 2 aromatic rings. The molecule has 0 radical (unpaired) electrons. The lowest BCUT2D eigenvalue weighted by Crippen LogP contribution is -2.51. The van der Waals surface area contributed by atoms with Gasteiger partial charge < -0.3 is 0 Å². The van der Waals surface area contributed by atoms with Crippen molar-refractivity contribution >= 4 is 35.1 Å². The first kappa shape index (κ1) is 17.8. The van der Waals surface area contributed by atoms with E-state index in [9.17, 15) is 19.2 Å². The first-order valence-corrected chi connectivity index (χ1v) is 8.37. The fraction of sp³-hybridized carbons (Fsp3) is 0.158. The van der Waals surface area contributed by atoms with E-state index in [0.717, 1.165) is 10.0 Å². The van der Waals surface area contributed by atoms with Crippen LogP contribution in [0.2, 0.25) is 5.02 Å². The average Bonchev–Trinajstić information content (AvgIpc) is 2.98. The SMILES string of the molecule is O=C(CN(C(=O)c1ccccc1Cl)N1C(=O)CCC1=O)c1ccccc1. The Morgan fingerprint density at radius 1 is 0.923 bits per heavy atom. The molecular weight excluding hydrogens is 356 g/mol. The van der Waals surface area contributed by atoms with Crippen LogP contribution in [0.1, 0.15) is 33.6 Å². The maximum Gasteiger partial charge on any atom is 0.274 e. The van der Waals surface area contributed by atoms with Crippen molar-refractivity contribution in [1.82, 2.24) is 10.0 Å². The van der Waals surface area contributed by atoms with Crippen LogP contribution >= 0.6 is 11.6 Å². The van der Waals surface area contributed by atoms with Crippen LogP contribution in [-0.4, -0.2) is 40.1 Å². The lowest BCUT2D eigenvalue weighted by molar-refractivity contribution is -0.152. The van der Waals surface area contributed by atoms with Gasteiger partial charge in [0.25, 0.3) is 5.91 Å². The number of hydrogen-bond donors (Lipinski definition) is 0. The van der Waals surface area contributed by atoms with Crippen LogP contribution in [0, 0.1) is 0 Å². The van der Waals surface area contributed by atoms with Gasteiger partial charge in [0, 0.05) is 18.4 Å². The molecule has 7 heteroatoms. The first-order valence-electron chi connectivity index (χ1n) is 7.99. The number of ketones is 1. The number of rotatable bonds is 5. The minimum Gasteiger partial charge on any atom is -0.292 e. The van der Waals surface area contributed by atoms with E-state index in [1.807, 2.05) is 0 Å². The van der Waals surface area contributed by atoms with Gasteiger partial charge in [-0.15, -0.1) is 0 Å². The summed E-state index contributed by atoms with van der Waals surface area (Å²) in [5.74, 6) is -2.10. The minimum atomic E-state index is -0.677. The molecule has 0 spiro atoms. The summed E-state index contributed by atoms with van der Waals surface area (Å²) in [6.45, 7) is -0.439. The highest BCUT2D eigenvalue weighted by Gasteiger charge is 2.38. The van der Waals surface area contributed by atoms with E-state index in [4.69, 9.17) is 11.6 Å². The number of hydrogen-bond acceptors (Lipinski definition) is 4. The zero-order valence-corrected chi connectivity index (χ0v) is 14.5. The van der Waals surface area contributed by atoms with Crippen LogP contribution < -0.4 is 0 Å². The molecule has 1 saturated heterocycles. The Hall–Kier alpha value is -2.99. The molecule has 1 aliphatic heterocycles. The number of imide groups is 1. The van der Waals surface area contributed by atoms with Gasteiger partial charge in [0.2, 0.25) is 11.8 Å². The summed E-state index contributed by atoms with van der Waals surface area (Å²) in [5, 5.41) is 1.81. The van der Waals surface area contributed by atoms with Gasteiger partial charge in [-0.3, -0.25) is 19.2 Å². The summed E-state index contributed by atoms with van der Waals surface area (Å²) in [6, 6.07) is 14.6. The monoisotopic (exact) mass is 370 g/mol. The zero-order valence-electron chi connectivity index (χ0n) is 13.7. The number of hydrazine groups is 1. The van der Waals surface area contributed by atoms with E-state index in [1.165, 1.54) is 12.1 Å². The molecule has 0 aromatic heterocycles. The Morgan fingerprint density at radius 2 is 1.50 bits per heavy atom. The smallest absolute Gasteiger partial charge is 0.274 e. The normalized spacial score (nSPS) is 13.8. The molecule has 3 rings (SSSR count). The minimum absolute atomic E-state index is 0.00463. The molecule has 1 fully saturated rings. The standard InChI is InChI=1S/C19H15ClN2O4/c20-15-9-5-4-8-14(15)19(26)21(22-17(24)10-11-18(22)25)12-16(23)13-6-2-1-3-7-13/h1-9H,10-12H2. The van der Waals surface area contributed by atoms with Crippen LogP contribution in [0.3, 0.4) is 0 Å². The maximum atomic E-state index is 13.0. The highest BCUT2D eigenvalue weighted by Crippen LogP contribution is 2.22. The molecule has 0 aliphatic carbocycles. The summed E-state index contributed by atoms with van der Waals surface area (Å²) in [5.41, 5.74) is 0.492. The molecule has 132 valence electrons. The lowest BCUT2D eigenvalue weighted by Gasteiger charge is -2.29. The highest BCUT2D eigenvalue weighted by molar-refractivity contribution is 6.34. The van der Waals surface area contributed by atoms with Gasteiger partial charge in [0.05, 0.1) is 10.6 Å². The molecular formula is C19H15ClN2O4. The van der Waals surface area contributed by atoms with E-state index in [2.05, 4.69) is 0 Å². The van der Waals surface area contributed by atoms with Crippen molar-refractivity contribution in [2.45, 2.75) is 12.8 Å². The second-order valence-electron chi connectivity index (χ2n) is 5.73. The molecule has 1 aliphatic rings. The lowest BCUT2D eigenvalue weighted by atomic mass is 10.1. The molecule has 3 amide bonds. The molecule has 0 unspecified atom stereocenters. The number of carbonyl (C=O) groups is 4. The number of carbonyl (C=O) groups excluding carboxylic acids is 4. The summed E-state index contributed by atoms with van der Waals surface area (Å²) in [6.07, 6.45) is 0.00925. The van der Waals surface area contributed by atoms with Gasteiger partial charge in [-0.2, -0.15) is 5.01 Å². The predicted molar refractivity (Wildman–Crippen MR) is 94.3 cm³/mol. The van der Waals surface area contributed by atoms with Gasteiger partial charge in [0.15, 0.2) is 5.78 Å². The number of halogens is 1. The van der Waals surface area contributed by atoms with Gasteiger partial charge in [0.1, 0.15) is 6.54 Å². The van der Waals surface area contributed by atoms with Crippen molar-refractivity contribution in [3.63, 3.8) is 0 Å². The fourth-order valence-corrected chi connectivity index (χ4v) is 2.91. The molecule has 1 heterocycles. The number of nitrogens with zero attached hydrogens (tertiary/aromatic N) is 2. The van der Waals surface area contributed by atoms with E-state index in [1.54, 1.807) is 42.5 Å².